The summed E-state index contributed by atoms with van der Waals surface area (Å²) in [4.78, 5) is 9.17. The Morgan fingerprint density at radius 3 is 2.81 bits per heavy atom. The van der Waals surface area contributed by atoms with Crippen molar-refractivity contribution in [3.63, 3.8) is 0 Å². The maximum atomic E-state index is 5.60. The van der Waals surface area contributed by atoms with Crippen LogP contribution >= 0.6 is 35.7 Å². The summed E-state index contributed by atoms with van der Waals surface area (Å²) < 4.78 is 5.60. The molecular weight excluding hydrogens is 459 g/mol. The summed E-state index contributed by atoms with van der Waals surface area (Å²) in [6.45, 7) is 6.45. The molecule has 0 amide bonds. The predicted molar refractivity (Wildman–Crippen MR) is 120 cm³/mol. The van der Waals surface area contributed by atoms with Crippen LogP contribution in [0.4, 0.5) is 0 Å². The molecule has 1 aliphatic heterocycles. The summed E-state index contributed by atoms with van der Waals surface area (Å²) in [5.41, 5.74) is 3.05. The van der Waals surface area contributed by atoms with E-state index in [9.17, 15) is 0 Å². The van der Waals surface area contributed by atoms with E-state index in [2.05, 4.69) is 46.6 Å². The third-order valence-corrected chi connectivity index (χ3v) is 5.51. The number of benzene rings is 1. The molecule has 1 aromatic heterocycles. The number of nitrogens with zero attached hydrogens (tertiary/aromatic N) is 2. The zero-order valence-corrected chi connectivity index (χ0v) is 18.5. The van der Waals surface area contributed by atoms with E-state index in [1.807, 2.05) is 23.9 Å². The number of halogens is 1. The Labute approximate surface area is 176 Å². The van der Waals surface area contributed by atoms with Crippen molar-refractivity contribution in [2.24, 2.45) is 4.99 Å². The lowest BCUT2D eigenvalue weighted by Crippen LogP contribution is -2.40. The molecule has 5 nitrogen and oxygen atoms in total. The van der Waals surface area contributed by atoms with Gasteiger partial charge < -0.3 is 15.1 Å². The Hall–Kier alpha value is -1.22. The summed E-state index contributed by atoms with van der Waals surface area (Å²) in [5.74, 6) is 2.77. The molecule has 0 aliphatic carbocycles. The van der Waals surface area contributed by atoms with Crippen LogP contribution < -0.4 is 10.6 Å². The first kappa shape index (κ1) is 21.1. The quantitative estimate of drug-likeness (QED) is 0.364. The van der Waals surface area contributed by atoms with Gasteiger partial charge in [-0.3, -0.25) is 0 Å². The number of rotatable bonds is 6. The second kappa shape index (κ2) is 10.8. The highest BCUT2D eigenvalue weighted by Crippen LogP contribution is 2.25. The van der Waals surface area contributed by atoms with Gasteiger partial charge in [0, 0.05) is 23.9 Å². The molecule has 2 aromatic rings. The maximum absolute atomic E-state index is 5.60. The van der Waals surface area contributed by atoms with Gasteiger partial charge in [0.15, 0.2) is 5.96 Å². The van der Waals surface area contributed by atoms with E-state index in [4.69, 9.17) is 4.42 Å². The Kier molecular flexibility index (Phi) is 8.77. The molecule has 0 radical (unpaired) electrons. The second-order valence-corrected chi connectivity index (χ2v) is 7.63. The third kappa shape index (κ3) is 6.19. The van der Waals surface area contributed by atoms with Crippen LogP contribution in [0.3, 0.4) is 0 Å². The highest BCUT2D eigenvalue weighted by atomic mass is 127. The SMILES string of the molecule is CCNC(=NCc1coc(-c2ccc(C)cc2)n1)NCC1CCCS1.I. The van der Waals surface area contributed by atoms with Crippen molar-refractivity contribution in [3.05, 3.63) is 41.8 Å². The average molecular weight is 486 g/mol. The number of hydrogen-bond donors (Lipinski definition) is 2. The number of nitrogens with one attached hydrogen (secondary N) is 2. The molecule has 0 bridgehead atoms. The van der Waals surface area contributed by atoms with E-state index in [1.165, 1.54) is 24.2 Å². The van der Waals surface area contributed by atoms with Gasteiger partial charge in [-0.05, 0) is 44.6 Å². The Morgan fingerprint density at radius 1 is 1.31 bits per heavy atom. The van der Waals surface area contributed by atoms with Crippen LogP contribution in [0.1, 0.15) is 31.0 Å². The fourth-order valence-electron chi connectivity index (χ4n) is 2.73. The van der Waals surface area contributed by atoms with Crippen molar-refractivity contribution >= 4 is 41.7 Å². The Balaban J connectivity index is 0.00000243. The standard InChI is InChI=1S/C19H26N4OS.HI/c1-3-20-19(22-12-17-5-4-10-25-17)21-11-16-13-24-18(23-16)15-8-6-14(2)7-9-15;/h6-9,13,17H,3-5,10-12H2,1-2H3,(H2,20,21,22);1H. The molecule has 1 atom stereocenters. The molecule has 1 aromatic carbocycles. The summed E-state index contributed by atoms with van der Waals surface area (Å²) in [5, 5.41) is 7.43. The second-order valence-electron chi connectivity index (χ2n) is 6.22. The molecule has 3 rings (SSSR count). The van der Waals surface area contributed by atoms with Gasteiger partial charge in [-0.1, -0.05) is 17.7 Å². The van der Waals surface area contributed by atoms with Crippen molar-refractivity contribution in [1.29, 1.82) is 0 Å². The van der Waals surface area contributed by atoms with Crippen LogP contribution in [0, 0.1) is 6.92 Å². The van der Waals surface area contributed by atoms with Gasteiger partial charge in [0.05, 0.1) is 6.54 Å². The number of thioether (sulfide) groups is 1. The number of guanidine groups is 1. The fourth-order valence-corrected chi connectivity index (χ4v) is 3.93. The van der Waals surface area contributed by atoms with Crippen LogP contribution in [-0.4, -0.2) is 35.0 Å². The van der Waals surface area contributed by atoms with Gasteiger partial charge in [-0.2, -0.15) is 11.8 Å². The van der Waals surface area contributed by atoms with E-state index in [0.29, 0.717) is 17.7 Å². The van der Waals surface area contributed by atoms with Crippen molar-refractivity contribution in [2.45, 2.75) is 38.5 Å². The summed E-state index contributed by atoms with van der Waals surface area (Å²) >= 11 is 2.05. The molecule has 142 valence electrons. The van der Waals surface area contributed by atoms with Gasteiger partial charge in [0.25, 0.3) is 0 Å². The highest BCUT2D eigenvalue weighted by molar-refractivity contribution is 14.0. The zero-order valence-electron chi connectivity index (χ0n) is 15.3. The summed E-state index contributed by atoms with van der Waals surface area (Å²) in [6, 6.07) is 8.18. The molecule has 2 N–H and O–H groups in total. The largest absolute Gasteiger partial charge is 0.444 e. The van der Waals surface area contributed by atoms with Gasteiger partial charge in [-0.15, -0.1) is 24.0 Å². The molecule has 0 saturated carbocycles. The van der Waals surface area contributed by atoms with Crippen molar-refractivity contribution in [3.8, 4) is 11.5 Å². The minimum absolute atomic E-state index is 0. The Bertz CT molecular complexity index is 696. The van der Waals surface area contributed by atoms with Crippen LogP contribution in [0.2, 0.25) is 0 Å². The minimum Gasteiger partial charge on any atom is -0.444 e. The van der Waals surface area contributed by atoms with E-state index in [1.54, 1.807) is 6.26 Å². The predicted octanol–water partition coefficient (Wildman–Crippen LogP) is 4.22. The first-order valence-electron chi connectivity index (χ1n) is 8.90. The molecular formula is C19H27IN4OS. The molecule has 1 fully saturated rings. The minimum atomic E-state index is 0. The fraction of sp³-hybridized carbons (Fsp3) is 0.474. The smallest absolute Gasteiger partial charge is 0.226 e. The van der Waals surface area contributed by atoms with Gasteiger partial charge in [0.1, 0.15) is 12.0 Å². The van der Waals surface area contributed by atoms with Gasteiger partial charge in [-0.25, -0.2) is 9.98 Å². The first-order valence-corrected chi connectivity index (χ1v) is 9.94. The number of aliphatic imine (C=N–C) groups is 1. The first-order chi connectivity index (χ1) is 12.2. The van der Waals surface area contributed by atoms with E-state index in [0.717, 1.165) is 30.3 Å². The zero-order chi connectivity index (χ0) is 17.5. The van der Waals surface area contributed by atoms with Crippen molar-refractivity contribution in [1.82, 2.24) is 15.6 Å². The van der Waals surface area contributed by atoms with Crippen molar-refractivity contribution < 1.29 is 4.42 Å². The van der Waals surface area contributed by atoms with Crippen LogP contribution in [0.25, 0.3) is 11.5 Å². The van der Waals surface area contributed by atoms with Crippen molar-refractivity contribution in [2.75, 3.05) is 18.8 Å². The molecule has 26 heavy (non-hydrogen) atoms. The molecule has 0 spiro atoms. The lowest BCUT2D eigenvalue weighted by Gasteiger charge is -2.14. The number of hydrogen-bond acceptors (Lipinski definition) is 4. The van der Waals surface area contributed by atoms with E-state index in [-0.39, 0.29) is 24.0 Å². The van der Waals surface area contributed by atoms with E-state index >= 15 is 0 Å². The highest BCUT2D eigenvalue weighted by Gasteiger charge is 2.15. The summed E-state index contributed by atoms with van der Waals surface area (Å²) in [7, 11) is 0. The van der Waals surface area contributed by atoms with Gasteiger partial charge >= 0.3 is 0 Å². The molecule has 2 heterocycles. The topological polar surface area (TPSA) is 62.5 Å². The molecule has 1 aliphatic rings. The number of aryl methyl sites for hydroxylation is 1. The van der Waals surface area contributed by atoms with Crippen LogP contribution in [0.5, 0.6) is 0 Å². The maximum Gasteiger partial charge on any atom is 0.226 e. The molecule has 7 heteroatoms. The lowest BCUT2D eigenvalue weighted by molar-refractivity contribution is 0.572. The van der Waals surface area contributed by atoms with Gasteiger partial charge in [0.2, 0.25) is 5.89 Å². The summed E-state index contributed by atoms with van der Waals surface area (Å²) in [6.07, 6.45) is 4.31. The number of aromatic nitrogens is 1. The molecule has 1 unspecified atom stereocenters. The lowest BCUT2D eigenvalue weighted by atomic mass is 10.1. The monoisotopic (exact) mass is 486 g/mol. The average Bonchev–Trinajstić information content (AvgIpc) is 3.30. The van der Waals surface area contributed by atoms with E-state index < -0.39 is 0 Å². The Morgan fingerprint density at radius 2 is 2.12 bits per heavy atom. The van der Waals surface area contributed by atoms with Crippen LogP contribution in [-0.2, 0) is 6.54 Å². The van der Waals surface area contributed by atoms with Crippen LogP contribution in [0.15, 0.2) is 39.9 Å². The normalized spacial score (nSPS) is 17.0. The number of oxazole rings is 1. The third-order valence-electron chi connectivity index (χ3n) is 4.11. The molecule has 1 saturated heterocycles.